The Labute approximate surface area is 104 Å². The van der Waals surface area contributed by atoms with Crippen LogP contribution >= 0.6 is 0 Å². The predicted molar refractivity (Wildman–Crippen MR) is 71.6 cm³/mol. The summed E-state index contributed by atoms with van der Waals surface area (Å²) in [6, 6.07) is 9.55. The zero-order chi connectivity index (χ0) is 12.7. The van der Waals surface area contributed by atoms with Crippen LogP contribution in [0.3, 0.4) is 0 Å². The molecular formula is C15H21NO. The number of nitrogens with zero attached hydrogens (tertiary/aromatic N) is 1. The lowest BCUT2D eigenvalue weighted by atomic mass is 9.97. The van der Waals surface area contributed by atoms with Crippen LogP contribution in [0.5, 0.6) is 0 Å². The van der Waals surface area contributed by atoms with Gasteiger partial charge in [0.15, 0.2) is 0 Å². The highest BCUT2D eigenvalue weighted by atomic mass is 16.3. The Kier molecular flexibility index (Phi) is 5.21. The molecular weight excluding hydrogens is 210 g/mol. The molecule has 0 unspecified atom stereocenters. The maximum Gasteiger partial charge on any atom is 0.148 e. The van der Waals surface area contributed by atoms with E-state index in [1.807, 2.05) is 30.3 Å². The summed E-state index contributed by atoms with van der Waals surface area (Å²) in [6.45, 7) is 8.63. The third kappa shape index (κ3) is 4.22. The number of hydrogen-bond acceptors (Lipinski definition) is 2. The Hall–Kier alpha value is -1.30. The molecule has 1 aromatic carbocycles. The van der Waals surface area contributed by atoms with Crippen molar-refractivity contribution < 1.29 is 5.11 Å². The van der Waals surface area contributed by atoms with Crippen molar-refractivity contribution >= 4 is 0 Å². The number of aliphatic hydroxyl groups is 1. The van der Waals surface area contributed by atoms with Crippen LogP contribution in [0.15, 0.2) is 30.3 Å². The first-order valence-electron chi connectivity index (χ1n) is 6.10. The molecule has 0 radical (unpaired) electrons. The van der Waals surface area contributed by atoms with Crippen LogP contribution in [0.25, 0.3) is 0 Å². The molecule has 0 aliphatic heterocycles. The first-order valence-corrected chi connectivity index (χ1v) is 6.10. The molecule has 0 spiro atoms. The first kappa shape index (κ1) is 13.8. The van der Waals surface area contributed by atoms with E-state index in [-0.39, 0.29) is 0 Å². The minimum Gasteiger partial charge on any atom is -0.374 e. The molecule has 0 amide bonds. The smallest absolute Gasteiger partial charge is 0.148 e. The maximum atomic E-state index is 10.3. The van der Waals surface area contributed by atoms with Gasteiger partial charge in [-0.25, -0.2) is 0 Å². The van der Waals surface area contributed by atoms with E-state index < -0.39 is 5.60 Å². The van der Waals surface area contributed by atoms with Crippen molar-refractivity contribution in [2.24, 2.45) is 0 Å². The summed E-state index contributed by atoms with van der Waals surface area (Å²) in [5, 5.41) is 10.3. The highest BCUT2D eigenvalue weighted by molar-refractivity contribution is 5.30. The molecule has 1 atom stereocenters. The largest absolute Gasteiger partial charge is 0.374 e. The highest BCUT2D eigenvalue weighted by Crippen LogP contribution is 2.18. The van der Waals surface area contributed by atoms with Gasteiger partial charge in [-0.05, 0) is 25.6 Å². The Bertz CT molecular complexity index is 382. The highest BCUT2D eigenvalue weighted by Gasteiger charge is 2.18. The Morgan fingerprint density at radius 3 is 2.29 bits per heavy atom. The molecule has 0 saturated heterocycles. The zero-order valence-electron chi connectivity index (χ0n) is 10.9. The fourth-order valence-corrected chi connectivity index (χ4v) is 1.61. The van der Waals surface area contributed by atoms with Gasteiger partial charge in [0.25, 0.3) is 0 Å². The summed E-state index contributed by atoms with van der Waals surface area (Å²) >= 11 is 0. The molecule has 0 fully saturated rings. The van der Waals surface area contributed by atoms with E-state index in [4.69, 9.17) is 0 Å². The van der Waals surface area contributed by atoms with Crippen LogP contribution in [0.4, 0.5) is 0 Å². The van der Waals surface area contributed by atoms with Crippen LogP contribution in [0, 0.1) is 11.8 Å². The zero-order valence-corrected chi connectivity index (χ0v) is 10.9. The van der Waals surface area contributed by atoms with E-state index >= 15 is 0 Å². The fourth-order valence-electron chi connectivity index (χ4n) is 1.61. The standard InChI is InChI=1S/C15H21NO/c1-4-16(5-2)13-9-12-15(3,17)14-10-7-6-8-11-14/h6-8,10-11,17H,4-5,13H2,1-3H3/t15-/m1/s1. The lowest BCUT2D eigenvalue weighted by molar-refractivity contribution is 0.122. The van der Waals surface area contributed by atoms with E-state index in [9.17, 15) is 5.11 Å². The van der Waals surface area contributed by atoms with Crippen molar-refractivity contribution in [2.45, 2.75) is 26.4 Å². The molecule has 0 saturated carbocycles. The van der Waals surface area contributed by atoms with Gasteiger partial charge in [0.1, 0.15) is 5.60 Å². The fraction of sp³-hybridized carbons (Fsp3) is 0.467. The van der Waals surface area contributed by atoms with Crippen molar-refractivity contribution in [1.29, 1.82) is 0 Å². The summed E-state index contributed by atoms with van der Waals surface area (Å²) < 4.78 is 0. The molecule has 17 heavy (non-hydrogen) atoms. The number of rotatable bonds is 4. The molecule has 2 nitrogen and oxygen atoms in total. The van der Waals surface area contributed by atoms with Gasteiger partial charge in [-0.3, -0.25) is 4.90 Å². The molecule has 0 bridgehead atoms. The summed E-state index contributed by atoms with van der Waals surface area (Å²) in [6.07, 6.45) is 0. The molecule has 0 heterocycles. The predicted octanol–water partition coefficient (Wildman–Crippen LogP) is 2.24. The normalized spacial score (nSPS) is 13.9. The Morgan fingerprint density at radius 1 is 1.18 bits per heavy atom. The second-order valence-corrected chi connectivity index (χ2v) is 4.20. The van der Waals surface area contributed by atoms with E-state index in [0.717, 1.165) is 18.7 Å². The van der Waals surface area contributed by atoms with E-state index in [2.05, 4.69) is 30.6 Å². The molecule has 2 heteroatoms. The molecule has 0 aliphatic rings. The second kappa shape index (κ2) is 6.44. The summed E-state index contributed by atoms with van der Waals surface area (Å²) in [5.41, 5.74) is -0.221. The average Bonchev–Trinajstić information content (AvgIpc) is 2.36. The van der Waals surface area contributed by atoms with Crippen LogP contribution < -0.4 is 0 Å². The lowest BCUT2D eigenvalue weighted by Gasteiger charge is -2.17. The van der Waals surface area contributed by atoms with Gasteiger partial charge in [-0.2, -0.15) is 0 Å². The van der Waals surface area contributed by atoms with Crippen molar-refractivity contribution in [3.63, 3.8) is 0 Å². The topological polar surface area (TPSA) is 23.5 Å². The van der Waals surface area contributed by atoms with Gasteiger partial charge in [-0.15, -0.1) is 0 Å². The van der Waals surface area contributed by atoms with Crippen molar-refractivity contribution in [2.75, 3.05) is 19.6 Å². The molecule has 0 aliphatic carbocycles. The summed E-state index contributed by atoms with van der Waals surface area (Å²) in [4.78, 5) is 2.22. The number of hydrogen-bond donors (Lipinski definition) is 1. The molecule has 1 aromatic rings. The van der Waals surface area contributed by atoms with Crippen molar-refractivity contribution in [3.8, 4) is 11.8 Å². The number of benzene rings is 1. The van der Waals surface area contributed by atoms with Gasteiger partial charge >= 0.3 is 0 Å². The second-order valence-electron chi connectivity index (χ2n) is 4.20. The third-order valence-corrected chi connectivity index (χ3v) is 2.86. The van der Waals surface area contributed by atoms with Gasteiger partial charge in [0.05, 0.1) is 6.54 Å². The molecule has 1 N–H and O–H groups in total. The van der Waals surface area contributed by atoms with Crippen molar-refractivity contribution in [3.05, 3.63) is 35.9 Å². The minimum atomic E-state index is -1.06. The van der Waals surface area contributed by atoms with Crippen LogP contribution in [-0.4, -0.2) is 29.6 Å². The molecule has 1 rings (SSSR count). The Morgan fingerprint density at radius 2 is 1.76 bits per heavy atom. The first-order chi connectivity index (χ1) is 8.10. The van der Waals surface area contributed by atoms with E-state index in [0.29, 0.717) is 6.54 Å². The van der Waals surface area contributed by atoms with Gasteiger partial charge < -0.3 is 5.11 Å². The molecule has 92 valence electrons. The quantitative estimate of drug-likeness (QED) is 0.803. The SMILES string of the molecule is CCN(CC)CC#C[C@@](C)(O)c1ccccc1. The summed E-state index contributed by atoms with van der Waals surface area (Å²) in [5.74, 6) is 5.99. The summed E-state index contributed by atoms with van der Waals surface area (Å²) in [7, 11) is 0. The monoisotopic (exact) mass is 231 g/mol. The average molecular weight is 231 g/mol. The van der Waals surface area contributed by atoms with Crippen molar-refractivity contribution in [1.82, 2.24) is 4.90 Å². The van der Waals surface area contributed by atoms with E-state index in [1.165, 1.54) is 0 Å². The van der Waals surface area contributed by atoms with Gasteiger partial charge in [0.2, 0.25) is 0 Å². The lowest BCUT2D eigenvalue weighted by Crippen LogP contribution is -2.24. The van der Waals surface area contributed by atoms with E-state index in [1.54, 1.807) is 6.92 Å². The van der Waals surface area contributed by atoms with Gasteiger partial charge in [-0.1, -0.05) is 56.0 Å². The minimum absolute atomic E-state index is 0.704. The van der Waals surface area contributed by atoms with Crippen LogP contribution in [0.1, 0.15) is 26.3 Å². The Balaban J connectivity index is 2.70. The van der Waals surface area contributed by atoms with Crippen LogP contribution in [-0.2, 0) is 5.60 Å². The van der Waals surface area contributed by atoms with Gasteiger partial charge in [0, 0.05) is 0 Å². The third-order valence-electron chi connectivity index (χ3n) is 2.86. The molecule has 0 aromatic heterocycles. The maximum absolute atomic E-state index is 10.3. The van der Waals surface area contributed by atoms with Crippen LogP contribution in [0.2, 0.25) is 0 Å².